The monoisotopic (exact) mass is 330 g/mol. The molecule has 22 heavy (non-hydrogen) atoms. The molecule has 1 aromatic carbocycles. The molecular formula is C16H17F3O2S. The van der Waals surface area contributed by atoms with Gasteiger partial charge in [-0.1, -0.05) is 18.2 Å². The van der Waals surface area contributed by atoms with Crippen molar-refractivity contribution >= 4 is 17.5 Å². The van der Waals surface area contributed by atoms with Crippen LogP contribution in [0.3, 0.4) is 0 Å². The molecule has 2 saturated heterocycles. The van der Waals surface area contributed by atoms with Gasteiger partial charge in [0.15, 0.2) is 0 Å². The van der Waals surface area contributed by atoms with Crippen molar-refractivity contribution < 1.29 is 22.7 Å². The minimum Gasteiger partial charge on any atom is -0.405 e. The van der Waals surface area contributed by atoms with Crippen molar-refractivity contribution in [3.8, 4) is 5.75 Å². The van der Waals surface area contributed by atoms with Crippen molar-refractivity contribution in [1.82, 2.24) is 0 Å². The second kappa shape index (κ2) is 6.14. The summed E-state index contributed by atoms with van der Waals surface area (Å²) in [7, 11) is 0. The molecule has 2 heterocycles. The van der Waals surface area contributed by atoms with Gasteiger partial charge in [-0.3, -0.25) is 4.79 Å². The molecule has 0 amide bonds. The zero-order chi connectivity index (χ0) is 15.7. The molecule has 2 atom stereocenters. The van der Waals surface area contributed by atoms with Gasteiger partial charge in [0.05, 0.1) is 0 Å². The average Bonchev–Trinajstić information content (AvgIpc) is 2.78. The molecule has 2 aliphatic rings. The fraction of sp³-hybridized carbons (Fsp3) is 0.562. The topological polar surface area (TPSA) is 26.3 Å². The van der Waals surface area contributed by atoms with Crippen LogP contribution >= 0.6 is 11.8 Å². The summed E-state index contributed by atoms with van der Waals surface area (Å²) < 4.78 is 41.3. The number of carbonyl (C=O) groups excluding carboxylic acids is 1. The molecular weight excluding hydrogens is 313 g/mol. The molecule has 2 bridgehead atoms. The molecule has 0 N–H and O–H groups in total. The van der Waals surface area contributed by atoms with Crippen molar-refractivity contribution in [2.75, 3.05) is 0 Å². The van der Waals surface area contributed by atoms with E-state index in [-0.39, 0.29) is 23.9 Å². The highest BCUT2D eigenvalue weighted by Crippen LogP contribution is 2.46. The molecule has 2 nitrogen and oxygen atoms in total. The van der Waals surface area contributed by atoms with Crippen LogP contribution in [-0.4, -0.2) is 22.6 Å². The van der Waals surface area contributed by atoms with Gasteiger partial charge in [0.1, 0.15) is 11.5 Å². The predicted octanol–water partition coefficient (Wildman–Crippen LogP) is 4.37. The van der Waals surface area contributed by atoms with Crippen LogP contribution in [0.15, 0.2) is 24.3 Å². The molecule has 2 unspecified atom stereocenters. The van der Waals surface area contributed by atoms with Gasteiger partial charge in [-0.05, 0) is 31.7 Å². The van der Waals surface area contributed by atoms with E-state index in [1.54, 1.807) is 6.07 Å². The van der Waals surface area contributed by atoms with Crippen LogP contribution in [-0.2, 0) is 11.2 Å². The Hall–Kier alpha value is -1.17. The number of thioether (sulfide) groups is 1. The van der Waals surface area contributed by atoms with Gasteiger partial charge in [-0.25, -0.2) is 0 Å². The smallest absolute Gasteiger partial charge is 0.405 e. The number of carbonyl (C=O) groups is 1. The number of Topliss-reactive ketones (excluding diaryl/α,β-unsaturated/α-hetero) is 1. The summed E-state index contributed by atoms with van der Waals surface area (Å²) in [6, 6.07) is 5.90. The fourth-order valence-electron chi connectivity index (χ4n) is 3.33. The normalized spacial score (nSPS) is 27.7. The molecule has 0 spiro atoms. The van der Waals surface area contributed by atoms with Crippen LogP contribution in [0.2, 0.25) is 0 Å². The number of hydrogen-bond acceptors (Lipinski definition) is 3. The highest BCUT2D eigenvalue weighted by atomic mass is 32.2. The van der Waals surface area contributed by atoms with Crippen LogP contribution < -0.4 is 4.74 Å². The van der Waals surface area contributed by atoms with Crippen molar-refractivity contribution in [2.45, 2.75) is 49.0 Å². The molecule has 0 aromatic heterocycles. The average molecular weight is 330 g/mol. The molecule has 1 aromatic rings. The summed E-state index contributed by atoms with van der Waals surface area (Å²) in [5, 5.41) is 1.10. The van der Waals surface area contributed by atoms with E-state index in [4.69, 9.17) is 0 Å². The first-order valence-corrected chi connectivity index (χ1v) is 8.37. The number of ketones is 1. The van der Waals surface area contributed by atoms with Gasteiger partial charge < -0.3 is 4.74 Å². The second-order valence-electron chi connectivity index (χ2n) is 5.92. The molecule has 2 aliphatic heterocycles. The zero-order valence-corrected chi connectivity index (χ0v) is 12.8. The van der Waals surface area contributed by atoms with E-state index < -0.39 is 6.36 Å². The van der Waals surface area contributed by atoms with E-state index in [9.17, 15) is 18.0 Å². The van der Waals surface area contributed by atoms with Crippen molar-refractivity contribution in [3.05, 3.63) is 29.8 Å². The Labute approximate surface area is 131 Å². The first-order valence-electron chi connectivity index (χ1n) is 7.42. The third kappa shape index (κ3) is 3.77. The Morgan fingerprint density at radius 3 is 2.45 bits per heavy atom. The summed E-state index contributed by atoms with van der Waals surface area (Å²) in [6.45, 7) is 0. The summed E-state index contributed by atoms with van der Waals surface area (Å²) in [5.41, 5.74) is 0.315. The van der Waals surface area contributed by atoms with Crippen molar-refractivity contribution in [2.24, 2.45) is 5.92 Å². The molecule has 120 valence electrons. The second-order valence-corrected chi connectivity index (χ2v) is 7.53. The maximum absolute atomic E-state index is 12.5. The quantitative estimate of drug-likeness (QED) is 0.820. The molecule has 0 saturated carbocycles. The van der Waals surface area contributed by atoms with Crippen LogP contribution in [0, 0.1) is 5.92 Å². The Balaban J connectivity index is 1.69. The standard InChI is InChI=1S/C16H17F3O2S/c17-16(18,19)21-15-4-2-1-3-10(15)9-14(20)11-7-12-5-6-13(8-11)22-12/h1-4,11-13H,5-9H2. The van der Waals surface area contributed by atoms with Crippen LogP contribution in [0.5, 0.6) is 5.75 Å². The van der Waals surface area contributed by atoms with Gasteiger partial charge in [0.25, 0.3) is 0 Å². The lowest BCUT2D eigenvalue weighted by atomic mass is 9.90. The molecule has 0 radical (unpaired) electrons. The van der Waals surface area contributed by atoms with E-state index >= 15 is 0 Å². The highest BCUT2D eigenvalue weighted by molar-refractivity contribution is 8.00. The van der Waals surface area contributed by atoms with E-state index in [0.717, 1.165) is 25.7 Å². The number of alkyl halides is 3. The minimum absolute atomic E-state index is 0.0149. The molecule has 0 aliphatic carbocycles. The minimum atomic E-state index is -4.74. The van der Waals surface area contributed by atoms with Crippen LogP contribution in [0.25, 0.3) is 0 Å². The maximum atomic E-state index is 12.5. The number of benzene rings is 1. The Bertz CT molecular complexity index is 547. The number of hydrogen-bond donors (Lipinski definition) is 0. The van der Waals surface area contributed by atoms with Crippen LogP contribution in [0.1, 0.15) is 31.2 Å². The van der Waals surface area contributed by atoms with Crippen molar-refractivity contribution in [1.29, 1.82) is 0 Å². The van der Waals surface area contributed by atoms with Crippen LogP contribution in [0.4, 0.5) is 13.2 Å². The number of halogens is 3. The van der Waals surface area contributed by atoms with E-state index in [0.29, 0.717) is 16.1 Å². The number of rotatable bonds is 4. The molecule has 2 fully saturated rings. The molecule has 3 rings (SSSR count). The lowest BCUT2D eigenvalue weighted by Gasteiger charge is -2.26. The van der Waals surface area contributed by atoms with Gasteiger partial charge in [-0.15, -0.1) is 13.2 Å². The first kappa shape index (κ1) is 15.7. The van der Waals surface area contributed by atoms with E-state index in [2.05, 4.69) is 4.74 Å². The van der Waals surface area contributed by atoms with Gasteiger partial charge in [0, 0.05) is 28.4 Å². The summed E-state index contributed by atoms with van der Waals surface area (Å²) in [4.78, 5) is 12.5. The zero-order valence-electron chi connectivity index (χ0n) is 11.9. The Morgan fingerprint density at radius 1 is 1.18 bits per heavy atom. The largest absolute Gasteiger partial charge is 0.573 e. The molecule has 6 heteroatoms. The predicted molar refractivity (Wildman–Crippen MR) is 79.0 cm³/mol. The summed E-state index contributed by atoms with van der Waals surface area (Å²) in [5.74, 6) is -0.246. The SMILES string of the molecule is O=C(Cc1ccccc1OC(F)(F)F)C1CC2CCC(C1)S2. The van der Waals surface area contributed by atoms with Gasteiger partial charge >= 0.3 is 6.36 Å². The summed E-state index contributed by atoms with van der Waals surface area (Å²) in [6.07, 6.45) is -0.675. The lowest BCUT2D eigenvalue weighted by molar-refractivity contribution is -0.274. The van der Waals surface area contributed by atoms with Gasteiger partial charge in [-0.2, -0.15) is 11.8 Å². The van der Waals surface area contributed by atoms with Gasteiger partial charge in [0.2, 0.25) is 0 Å². The fourth-order valence-corrected chi connectivity index (χ4v) is 5.10. The number of fused-ring (bicyclic) bond motifs is 2. The number of para-hydroxylation sites is 1. The lowest BCUT2D eigenvalue weighted by Crippen LogP contribution is -2.26. The third-order valence-electron chi connectivity index (χ3n) is 4.31. The Kier molecular flexibility index (Phi) is 4.39. The number of ether oxygens (including phenoxy) is 1. The maximum Gasteiger partial charge on any atom is 0.573 e. The van der Waals surface area contributed by atoms with Crippen molar-refractivity contribution in [3.63, 3.8) is 0 Å². The van der Waals surface area contributed by atoms with E-state index in [1.165, 1.54) is 18.2 Å². The third-order valence-corrected chi connectivity index (χ3v) is 5.93. The Morgan fingerprint density at radius 2 is 1.82 bits per heavy atom. The first-order chi connectivity index (χ1) is 10.4. The summed E-state index contributed by atoms with van der Waals surface area (Å²) >= 11 is 1.97. The highest BCUT2D eigenvalue weighted by Gasteiger charge is 2.38. The van der Waals surface area contributed by atoms with E-state index in [1.807, 2.05) is 11.8 Å².